The van der Waals surface area contributed by atoms with E-state index in [9.17, 15) is 19.5 Å². The summed E-state index contributed by atoms with van der Waals surface area (Å²) < 4.78 is 1.52. The number of fused-ring (bicyclic) bond motifs is 1. The van der Waals surface area contributed by atoms with Crippen molar-refractivity contribution in [1.29, 1.82) is 0 Å². The van der Waals surface area contributed by atoms with Crippen molar-refractivity contribution in [2.45, 2.75) is 32.8 Å². The number of aromatic amines is 1. The highest BCUT2D eigenvalue weighted by atomic mass is 16.4. The molecule has 0 aromatic carbocycles. The monoisotopic (exact) mass is 336 g/mol. The van der Waals surface area contributed by atoms with Crippen LogP contribution < -0.4 is 10.9 Å². The molecule has 1 unspecified atom stereocenters. The molecule has 0 saturated heterocycles. The van der Waals surface area contributed by atoms with Gasteiger partial charge in [0.05, 0.1) is 18.4 Å². The molecule has 0 aliphatic rings. The van der Waals surface area contributed by atoms with Crippen molar-refractivity contribution < 1.29 is 19.8 Å². The van der Waals surface area contributed by atoms with Gasteiger partial charge in [0.1, 0.15) is 0 Å². The Kier molecular flexibility index (Phi) is 4.48. The molecule has 4 N–H and O–H groups in total. The number of aliphatic carboxylic acids is 1. The first-order valence-electron chi connectivity index (χ1n) is 7.32. The number of nitrogens with zero attached hydrogens (tertiary/aromatic N) is 2. The van der Waals surface area contributed by atoms with Crippen LogP contribution in [0.5, 0.6) is 0 Å². The van der Waals surface area contributed by atoms with E-state index in [4.69, 9.17) is 5.11 Å². The number of pyridine rings is 1. The Morgan fingerprint density at radius 3 is 2.58 bits per heavy atom. The van der Waals surface area contributed by atoms with Crippen molar-refractivity contribution in [1.82, 2.24) is 20.1 Å². The van der Waals surface area contributed by atoms with E-state index >= 15 is 0 Å². The van der Waals surface area contributed by atoms with Gasteiger partial charge in [-0.2, -0.15) is 0 Å². The summed E-state index contributed by atoms with van der Waals surface area (Å²) in [6.45, 7) is 4.16. The lowest BCUT2D eigenvalue weighted by molar-refractivity contribution is -0.156. The zero-order valence-corrected chi connectivity index (χ0v) is 13.9. The minimum absolute atomic E-state index is 0.0648. The number of aliphatic hydroxyl groups is 1. The Morgan fingerprint density at radius 2 is 2.00 bits per heavy atom. The van der Waals surface area contributed by atoms with Gasteiger partial charge in [-0.25, -0.2) is 9.78 Å². The number of aromatic nitrogens is 3. The molecule has 0 saturated carbocycles. The van der Waals surface area contributed by atoms with Crippen molar-refractivity contribution in [2.24, 2.45) is 7.05 Å². The van der Waals surface area contributed by atoms with Crippen LogP contribution in [-0.4, -0.2) is 49.0 Å². The lowest BCUT2D eigenvalue weighted by atomic mass is 10.0. The number of aryl methyl sites for hydroxylation is 3. The highest BCUT2D eigenvalue weighted by Gasteiger charge is 2.30. The molecule has 2 rings (SSSR count). The number of carboxylic acids is 1. The van der Waals surface area contributed by atoms with Crippen LogP contribution in [0.1, 0.15) is 23.7 Å². The first-order valence-corrected chi connectivity index (χ1v) is 7.32. The fraction of sp³-hybridized carbons (Fsp3) is 0.467. The van der Waals surface area contributed by atoms with Crippen molar-refractivity contribution >= 4 is 22.9 Å². The van der Waals surface area contributed by atoms with Crippen LogP contribution in [-0.2, 0) is 23.1 Å². The van der Waals surface area contributed by atoms with E-state index in [1.165, 1.54) is 4.68 Å². The molecule has 2 heterocycles. The summed E-state index contributed by atoms with van der Waals surface area (Å²) in [6, 6.07) is 0. The summed E-state index contributed by atoms with van der Waals surface area (Å²) in [6.07, 6.45) is -0.0648. The van der Waals surface area contributed by atoms with Gasteiger partial charge < -0.3 is 15.5 Å². The zero-order valence-electron chi connectivity index (χ0n) is 13.9. The SMILES string of the molecule is Cc1nc2c(c(C)c1CC(=O)NCC(C)(O)C(=O)O)c(=O)[nH]n2C. The first kappa shape index (κ1) is 17.7. The molecule has 0 aliphatic carbocycles. The van der Waals surface area contributed by atoms with Crippen LogP contribution in [0.4, 0.5) is 0 Å². The van der Waals surface area contributed by atoms with Gasteiger partial charge in [0, 0.05) is 12.7 Å². The Balaban J connectivity index is 2.27. The van der Waals surface area contributed by atoms with Crippen molar-refractivity contribution in [2.75, 3.05) is 6.54 Å². The Hall–Kier alpha value is -2.68. The normalized spacial score (nSPS) is 13.7. The molecular weight excluding hydrogens is 316 g/mol. The maximum absolute atomic E-state index is 12.1. The molecule has 1 atom stereocenters. The third kappa shape index (κ3) is 3.16. The fourth-order valence-electron chi connectivity index (χ4n) is 2.48. The van der Waals surface area contributed by atoms with Gasteiger partial charge >= 0.3 is 5.97 Å². The summed E-state index contributed by atoms with van der Waals surface area (Å²) in [4.78, 5) is 39.3. The van der Waals surface area contributed by atoms with E-state index in [1.54, 1.807) is 20.9 Å². The van der Waals surface area contributed by atoms with Gasteiger partial charge in [0.15, 0.2) is 11.2 Å². The maximum Gasteiger partial charge on any atom is 0.337 e. The number of H-pyrrole nitrogens is 1. The molecule has 0 fully saturated rings. The standard InChI is InChI=1S/C15H20N4O5/c1-7-9(5-10(20)16-6-15(3,24)14(22)23)8(2)17-12-11(7)13(21)18-19(12)4/h24H,5-6H2,1-4H3,(H,16,20)(H,18,21)(H,22,23). The third-order valence-electron chi connectivity index (χ3n) is 4.00. The average molecular weight is 336 g/mol. The van der Waals surface area contributed by atoms with Crippen molar-refractivity contribution in [3.63, 3.8) is 0 Å². The van der Waals surface area contributed by atoms with E-state index in [1.807, 2.05) is 0 Å². The largest absolute Gasteiger partial charge is 0.479 e. The Labute approximate surface area is 137 Å². The van der Waals surface area contributed by atoms with Crippen LogP contribution in [0.2, 0.25) is 0 Å². The Morgan fingerprint density at radius 1 is 1.38 bits per heavy atom. The highest BCUT2D eigenvalue weighted by Crippen LogP contribution is 2.20. The average Bonchev–Trinajstić information content (AvgIpc) is 2.75. The third-order valence-corrected chi connectivity index (χ3v) is 4.00. The van der Waals surface area contributed by atoms with Gasteiger partial charge in [-0.05, 0) is 31.9 Å². The van der Waals surface area contributed by atoms with E-state index in [0.29, 0.717) is 27.9 Å². The molecule has 130 valence electrons. The van der Waals surface area contributed by atoms with E-state index in [-0.39, 0.29) is 12.0 Å². The van der Waals surface area contributed by atoms with Crippen molar-refractivity contribution in [3.05, 3.63) is 27.2 Å². The van der Waals surface area contributed by atoms with Crippen LogP contribution in [0.25, 0.3) is 11.0 Å². The molecule has 0 spiro atoms. The number of rotatable bonds is 5. The summed E-state index contributed by atoms with van der Waals surface area (Å²) >= 11 is 0. The minimum atomic E-state index is -2.04. The van der Waals surface area contributed by atoms with Crippen LogP contribution >= 0.6 is 0 Å². The number of carbonyl (C=O) groups excluding carboxylic acids is 1. The molecule has 2 aromatic rings. The topological polar surface area (TPSA) is 137 Å². The number of hydrogen-bond donors (Lipinski definition) is 4. The van der Waals surface area contributed by atoms with Gasteiger partial charge in [-0.15, -0.1) is 0 Å². The molecule has 9 heteroatoms. The number of carboxylic acid groups (broad SMARTS) is 1. The number of nitrogens with one attached hydrogen (secondary N) is 2. The molecular formula is C15H20N4O5. The lowest BCUT2D eigenvalue weighted by Gasteiger charge is -2.18. The second kappa shape index (κ2) is 6.08. The van der Waals surface area contributed by atoms with Gasteiger partial charge in [0.2, 0.25) is 5.91 Å². The zero-order chi connectivity index (χ0) is 18.2. The maximum atomic E-state index is 12.1. The summed E-state index contributed by atoms with van der Waals surface area (Å²) in [7, 11) is 1.68. The molecule has 0 radical (unpaired) electrons. The van der Waals surface area contributed by atoms with Crippen LogP contribution in [0, 0.1) is 13.8 Å². The molecule has 2 aromatic heterocycles. The van der Waals surface area contributed by atoms with E-state index < -0.39 is 24.0 Å². The second-order valence-electron chi connectivity index (χ2n) is 6.03. The summed E-state index contributed by atoms with van der Waals surface area (Å²) in [5.41, 5.74) is 0.0419. The summed E-state index contributed by atoms with van der Waals surface area (Å²) in [5, 5.41) is 23.9. The molecule has 0 bridgehead atoms. The van der Waals surface area contributed by atoms with Gasteiger partial charge in [-0.1, -0.05) is 0 Å². The predicted octanol–water partition coefficient (Wildman–Crippen LogP) is -0.627. The van der Waals surface area contributed by atoms with Crippen molar-refractivity contribution in [3.8, 4) is 0 Å². The Bertz CT molecular complexity index is 878. The molecule has 9 nitrogen and oxygen atoms in total. The predicted molar refractivity (Wildman–Crippen MR) is 85.8 cm³/mol. The molecule has 1 amide bonds. The number of amides is 1. The minimum Gasteiger partial charge on any atom is -0.479 e. The summed E-state index contributed by atoms with van der Waals surface area (Å²) in [5.74, 6) is -1.88. The lowest BCUT2D eigenvalue weighted by Crippen LogP contribution is -2.46. The molecule has 24 heavy (non-hydrogen) atoms. The first-order chi connectivity index (χ1) is 11.0. The highest BCUT2D eigenvalue weighted by molar-refractivity contribution is 5.85. The van der Waals surface area contributed by atoms with E-state index in [2.05, 4.69) is 15.4 Å². The van der Waals surface area contributed by atoms with E-state index in [0.717, 1.165) is 6.92 Å². The second-order valence-corrected chi connectivity index (χ2v) is 6.03. The quantitative estimate of drug-likeness (QED) is 0.574. The van der Waals surface area contributed by atoms with Gasteiger partial charge in [0.25, 0.3) is 5.56 Å². The van der Waals surface area contributed by atoms with Gasteiger partial charge in [-0.3, -0.25) is 19.4 Å². The smallest absolute Gasteiger partial charge is 0.337 e. The van der Waals surface area contributed by atoms with Crippen LogP contribution in [0.3, 0.4) is 0 Å². The number of carbonyl (C=O) groups is 2. The number of hydrogen-bond acceptors (Lipinski definition) is 5. The fourth-order valence-corrected chi connectivity index (χ4v) is 2.48. The van der Waals surface area contributed by atoms with Crippen LogP contribution in [0.15, 0.2) is 4.79 Å². The molecule has 0 aliphatic heterocycles.